The minimum atomic E-state index is -1.47. The minimum Gasteiger partial charge on any atom is -0.394 e. The van der Waals surface area contributed by atoms with Crippen molar-refractivity contribution in [3.05, 3.63) is 64.2 Å². The SMILES string of the molecule is CN1CC(=O)N(c2ccc(Cc3cc(C4O[C@H](CO)[C@@H](O)[C@H](O)[C@H]4O)ccc3Cl)cc2)C1=O. The topological polar surface area (TPSA) is 131 Å². The largest absolute Gasteiger partial charge is 0.394 e. The van der Waals surface area contributed by atoms with Crippen LogP contribution < -0.4 is 4.90 Å². The summed E-state index contributed by atoms with van der Waals surface area (Å²) >= 11 is 6.38. The number of urea groups is 1. The van der Waals surface area contributed by atoms with Crippen LogP contribution in [0.3, 0.4) is 0 Å². The molecule has 4 N–H and O–H groups in total. The van der Waals surface area contributed by atoms with E-state index in [-0.39, 0.29) is 18.5 Å². The number of hydrogen-bond donors (Lipinski definition) is 4. The molecule has 0 aliphatic carbocycles. The number of benzene rings is 2. The summed E-state index contributed by atoms with van der Waals surface area (Å²) in [4.78, 5) is 26.7. The van der Waals surface area contributed by atoms with Crippen molar-refractivity contribution in [2.45, 2.75) is 36.9 Å². The van der Waals surface area contributed by atoms with Crippen molar-refractivity contribution < 1.29 is 34.8 Å². The van der Waals surface area contributed by atoms with Crippen LogP contribution in [-0.2, 0) is 16.0 Å². The highest BCUT2D eigenvalue weighted by atomic mass is 35.5. The highest BCUT2D eigenvalue weighted by Gasteiger charge is 2.44. The summed E-state index contributed by atoms with van der Waals surface area (Å²) in [5, 5.41) is 40.4. The third kappa shape index (κ3) is 4.48. The van der Waals surface area contributed by atoms with Gasteiger partial charge in [-0.2, -0.15) is 0 Å². The molecule has 2 heterocycles. The lowest BCUT2D eigenvalue weighted by molar-refractivity contribution is -0.231. The van der Waals surface area contributed by atoms with Crippen molar-refractivity contribution in [1.29, 1.82) is 0 Å². The fraction of sp³-hybridized carbons (Fsp3) is 0.391. The predicted octanol–water partition coefficient (Wildman–Crippen LogP) is 0.844. The van der Waals surface area contributed by atoms with E-state index in [1.165, 1.54) is 4.90 Å². The number of amides is 3. The van der Waals surface area contributed by atoms with Crippen LogP contribution in [0.5, 0.6) is 0 Å². The Morgan fingerprint density at radius 1 is 1.03 bits per heavy atom. The van der Waals surface area contributed by atoms with E-state index in [1.54, 1.807) is 49.5 Å². The normalized spacial score (nSPS) is 28.0. The van der Waals surface area contributed by atoms with E-state index in [0.717, 1.165) is 16.0 Å². The lowest BCUT2D eigenvalue weighted by atomic mass is 9.90. The van der Waals surface area contributed by atoms with Crippen LogP contribution in [0.4, 0.5) is 10.5 Å². The van der Waals surface area contributed by atoms with Gasteiger partial charge in [-0.3, -0.25) is 4.79 Å². The molecule has 9 nitrogen and oxygen atoms in total. The first-order valence-corrected chi connectivity index (χ1v) is 10.8. The van der Waals surface area contributed by atoms with Crippen LogP contribution in [0.15, 0.2) is 42.5 Å². The van der Waals surface area contributed by atoms with Crippen molar-refractivity contribution in [3.63, 3.8) is 0 Å². The Morgan fingerprint density at radius 2 is 1.73 bits per heavy atom. The quantitative estimate of drug-likeness (QED) is 0.470. The van der Waals surface area contributed by atoms with Gasteiger partial charge in [0.25, 0.3) is 5.91 Å². The summed E-state index contributed by atoms with van der Waals surface area (Å²) in [5.74, 6) is -0.287. The third-order valence-electron chi connectivity index (χ3n) is 6.02. The molecule has 2 aromatic carbocycles. The maximum absolute atomic E-state index is 12.2. The van der Waals surface area contributed by atoms with Gasteiger partial charge in [0.05, 0.1) is 12.3 Å². The monoisotopic (exact) mass is 476 g/mol. The molecule has 5 atom stereocenters. The summed E-state index contributed by atoms with van der Waals surface area (Å²) < 4.78 is 5.64. The number of carbonyl (C=O) groups is 2. The van der Waals surface area contributed by atoms with Crippen molar-refractivity contribution in [2.75, 3.05) is 25.1 Å². The number of carbonyl (C=O) groups excluding carboxylic acids is 2. The van der Waals surface area contributed by atoms with Gasteiger partial charge < -0.3 is 30.1 Å². The molecule has 2 aromatic rings. The van der Waals surface area contributed by atoms with E-state index in [2.05, 4.69) is 0 Å². The van der Waals surface area contributed by atoms with Crippen molar-refractivity contribution >= 4 is 29.2 Å². The molecule has 0 aromatic heterocycles. The van der Waals surface area contributed by atoms with Crippen LogP contribution in [0.25, 0.3) is 0 Å². The molecule has 0 saturated carbocycles. The molecule has 0 radical (unpaired) electrons. The molecular formula is C23H25ClN2O7. The predicted molar refractivity (Wildman–Crippen MR) is 119 cm³/mol. The van der Waals surface area contributed by atoms with Crippen molar-refractivity contribution in [1.82, 2.24) is 4.90 Å². The second-order valence-corrected chi connectivity index (χ2v) is 8.72. The summed E-state index contributed by atoms with van der Waals surface area (Å²) in [7, 11) is 1.57. The van der Waals surface area contributed by atoms with Gasteiger partial charge in [0, 0.05) is 12.1 Å². The van der Waals surface area contributed by atoms with Gasteiger partial charge in [-0.25, -0.2) is 9.69 Å². The molecule has 2 saturated heterocycles. The van der Waals surface area contributed by atoms with Crippen LogP contribution in [0, 0.1) is 0 Å². The average Bonchev–Trinajstić information content (AvgIpc) is 3.06. The van der Waals surface area contributed by atoms with Crippen molar-refractivity contribution in [3.8, 4) is 0 Å². The van der Waals surface area contributed by atoms with Gasteiger partial charge >= 0.3 is 6.03 Å². The zero-order valence-corrected chi connectivity index (χ0v) is 18.6. The smallest absolute Gasteiger partial charge is 0.331 e. The Bertz CT molecular complexity index is 1050. The zero-order valence-electron chi connectivity index (χ0n) is 17.8. The van der Waals surface area contributed by atoms with Crippen molar-refractivity contribution in [2.24, 2.45) is 0 Å². The number of imide groups is 1. The lowest BCUT2D eigenvalue weighted by Gasteiger charge is -2.40. The molecule has 2 fully saturated rings. The van der Waals surface area contributed by atoms with Crippen LogP contribution >= 0.6 is 11.6 Å². The molecular weight excluding hydrogens is 452 g/mol. The van der Waals surface area contributed by atoms with Gasteiger partial charge in [-0.1, -0.05) is 35.9 Å². The first-order valence-electron chi connectivity index (χ1n) is 10.5. The number of aliphatic hydroxyl groups is 4. The summed E-state index contributed by atoms with van der Waals surface area (Å²) in [6.45, 7) is -0.465. The number of aliphatic hydroxyl groups excluding tert-OH is 4. The number of nitrogens with zero attached hydrogens (tertiary/aromatic N) is 2. The van der Waals surface area contributed by atoms with E-state index in [1.807, 2.05) is 0 Å². The van der Waals surface area contributed by atoms with Gasteiger partial charge in [-0.05, 0) is 41.3 Å². The van der Waals surface area contributed by atoms with Gasteiger partial charge in [0.1, 0.15) is 37.1 Å². The molecule has 0 bridgehead atoms. The first-order chi connectivity index (χ1) is 15.7. The molecule has 2 aliphatic rings. The van der Waals surface area contributed by atoms with E-state index in [9.17, 15) is 30.0 Å². The molecule has 10 heteroatoms. The summed E-state index contributed by atoms with van der Waals surface area (Å²) in [6.07, 6.45) is -5.82. The zero-order chi connectivity index (χ0) is 23.9. The number of halogens is 1. The third-order valence-corrected chi connectivity index (χ3v) is 6.39. The number of anilines is 1. The summed E-state index contributed by atoms with van der Waals surface area (Å²) in [5.41, 5.74) is 2.63. The molecule has 3 amide bonds. The minimum absolute atomic E-state index is 0.0426. The van der Waals surface area contributed by atoms with E-state index >= 15 is 0 Å². The average molecular weight is 477 g/mol. The fourth-order valence-corrected chi connectivity index (χ4v) is 4.32. The number of hydrogen-bond acceptors (Lipinski definition) is 7. The molecule has 4 rings (SSSR count). The molecule has 33 heavy (non-hydrogen) atoms. The van der Waals surface area contributed by atoms with E-state index < -0.39 is 37.1 Å². The fourth-order valence-electron chi connectivity index (χ4n) is 4.14. The number of rotatable bonds is 5. The van der Waals surface area contributed by atoms with Crippen LogP contribution in [0.2, 0.25) is 5.02 Å². The lowest BCUT2D eigenvalue weighted by Crippen LogP contribution is -2.55. The first kappa shape index (κ1) is 23.6. The van der Waals surface area contributed by atoms with Crippen LogP contribution in [0.1, 0.15) is 22.8 Å². The highest BCUT2D eigenvalue weighted by Crippen LogP contribution is 2.34. The Balaban J connectivity index is 1.54. The Morgan fingerprint density at radius 3 is 2.33 bits per heavy atom. The van der Waals surface area contributed by atoms with Gasteiger partial charge in [-0.15, -0.1) is 0 Å². The van der Waals surface area contributed by atoms with Gasteiger partial charge in [0.15, 0.2) is 0 Å². The number of ether oxygens (including phenoxy) is 1. The Labute approximate surface area is 195 Å². The maximum atomic E-state index is 12.2. The summed E-state index contributed by atoms with van der Waals surface area (Å²) in [6, 6.07) is 11.7. The van der Waals surface area contributed by atoms with E-state index in [4.69, 9.17) is 16.3 Å². The molecule has 176 valence electrons. The standard InChI is InChI=1S/C23H25ClN2O7/c1-25-10-18(28)26(23(25)32)15-5-2-12(3-6-15)8-14-9-13(4-7-16(14)24)22-21(31)20(30)19(29)17(11-27)33-22/h2-7,9,17,19-22,27,29-31H,8,10-11H2,1H3/t17-,19-,20+,21-,22?/m1/s1. The maximum Gasteiger partial charge on any atom is 0.331 e. The highest BCUT2D eigenvalue weighted by molar-refractivity contribution is 6.31. The Hall–Kier alpha value is -2.53. The van der Waals surface area contributed by atoms with Crippen LogP contribution in [-0.4, -0.2) is 81.9 Å². The van der Waals surface area contributed by atoms with Gasteiger partial charge in [0.2, 0.25) is 0 Å². The number of likely N-dealkylation sites (N-methyl/N-ethyl adjacent to an activating group) is 1. The Kier molecular flexibility index (Phi) is 6.71. The molecule has 1 unspecified atom stereocenters. The van der Waals surface area contributed by atoms with E-state index in [0.29, 0.717) is 22.7 Å². The molecule has 2 aliphatic heterocycles. The molecule has 0 spiro atoms. The second kappa shape index (κ2) is 9.38. The second-order valence-electron chi connectivity index (χ2n) is 8.31.